The third-order valence-corrected chi connectivity index (χ3v) is 3.62. The highest BCUT2D eigenvalue weighted by Crippen LogP contribution is 2.34. The van der Waals surface area contributed by atoms with Crippen molar-refractivity contribution in [3.8, 4) is 11.5 Å². The summed E-state index contributed by atoms with van der Waals surface area (Å²) in [6.45, 7) is 0.193. The molecular weight excluding hydrogens is 284 g/mol. The van der Waals surface area contributed by atoms with E-state index in [0.717, 1.165) is 11.3 Å². The second-order valence-corrected chi connectivity index (χ2v) is 5.12. The molecule has 0 saturated carbocycles. The first-order valence-electron chi connectivity index (χ1n) is 6.83. The molecule has 0 aliphatic carbocycles. The third-order valence-electron chi connectivity index (χ3n) is 3.62. The number of hydrogen-bond donors (Lipinski definition) is 2. The summed E-state index contributed by atoms with van der Waals surface area (Å²) in [4.78, 5) is 23.7. The van der Waals surface area contributed by atoms with E-state index in [-0.39, 0.29) is 18.6 Å². The van der Waals surface area contributed by atoms with E-state index in [4.69, 9.17) is 9.47 Å². The topological polar surface area (TPSA) is 76.7 Å². The van der Waals surface area contributed by atoms with E-state index in [1.165, 1.54) is 0 Å². The van der Waals surface area contributed by atoms with Crippen molar-refractivity contribution in [3.05, 3.63) is 47.5 Å². The summed E-state index contributed by atoms with van der Waals surface area (Å²) in [5.74, 6) is 0.992. The summed E-state index contributed by atoms with van der Waals surface area (Å²) in [6, 6.07) is 10.4. The molecule has 2 N–H and O–H groups in total. The van der Waals surface area contributed by atoms with Crippen molar-refractivity contribution >= 4 is 23.2 Å². The van der Waals surface area contributed by atoms with Crippen LogP contribution in [0.3, 0.4) is 0 Å². The van der Waals surface area contributed by atoms with Crippen LogP contribution in [0.1, 0.15) is 15.9 Å². The van der Waals surface area contributed by atoms with Crippen LogP contribution < -0.4 is 20.1 Å². The van der Waals surface area contributed by atoms with E-state index in [0.29, 0.717) is 29.2 Å². The van der Waals surface area contributed by atoms with Crippen LogP contribution in [0.25, 0.3) is 0 Å². The lowest BCUT2D eigenvalue weighted by molar-refractivity contribution is -0.115. The molecule has 0 unspecified atom stereocenters. The van der Waals surface area contributed by atoms with Gasteiger partial charge in [-0.15, -0.1) is 0 Å². The molecule has 2 aromatic carbocycles. The highest BCUT2D eigenvalue weighted by atomic mass is 16.7. The predicted octanol–water partition coefficient (Wildman–Crippen LogP) is 2.16. The second-order valence-electron chi connectivity index (χ2n) is 5.12. The van der Waals surface area contributed by atoms with E-state index >= 15 is 0 Å². The van der Waals surface area contributed by atoms with Gasteiger partial charge in [0, 0.05) is 23.0 Å². The Balaban J connectivity index is 1.55. The molecule has 6 nitrogen and oxygen atoms in total. The Kier molecular flexibility index (Phi) is 2.75. The number of carbonyl (C=O) groups excluding carboxylic acids is 2. The average molecular weight is 296 g/mol. The average Bonchev–Trinajstić information content (AvgIpc) is 3.10. The summed E-state index contributed by atoms with van der Waals surface area (Å²) in [7, 11) is 0. The van der Waals surface area contributed by atoms with E-state index in [1.54, 1.807) is 36.4 Å². The minimum absolute atomic E-state index is 0.0525. The molecule has 2 heterocycles. The highest BCUT2D eigenvalue weighted by Gasteiger charge is 2.19. The SMILES string of the molecule is O=C1Cc2cc(C(=O)Nc3ccc4c(c3)OCO4)ccc2N1. The Morgan fingerprint density at radius 3 is 2.86 bits per heavy atom. The maximum absolute atomic E-state index is 12.3. The smallest absolute Gasteiger partial charge is 0.255 e. The molecule has 22 heavy (non-hydrogen) atoms. The van der Waals surface area contributed by atoms with E-state index in [9.17, 15) is 9.59 Å². The van der Waals surface area contributed by atoms with Gasteiger partial charge in [-0.1, -0.05) is 0 Å². The molecular formula is C16H12N2O4. The van der Waals surface area contributed by atoms with Gasteiger partial charge >= 0.3 is 0 Å². The number of nitrogens with one attached hydrogen (secondary N) is 2. The molecule has 2 amide bonds. The Morgan fingerprint density at radius 2 is 1.95 bits per heavy atom. The van der Waals surface area contributed by atoms with Crippen molar-refractivity contribution in [2.45, 2.75) is 6.42 Å². The summed E-state index contributed by atoms with van der Waals surface area (Å²) >= 11 is 0. The van der Waals surface area contributed by atoms with E-state index in [1.807, 2.05) is 0 Å². The van der Waals surface area contributed by atoms with Crippen molar-refractivity contribution < 1.29 is 19.1 Å². The van der Waals surface area contributed by atoms with Gasteiger partial charge in [-0.05, 0) is 35.9 Å². The zero-order valence-corrected chi connectivity index (χ0v) is 11.5. The fraction of sp³-hybridized carbons (Fsp3) is 0.125. The quantitative estimate of drug-likeness (QED) is 0.890. The van der Waals surface area contributed by atoms with Crippen molar-refractivity contribution in [1.82, 2.24) is 0 Å². The molecule has 0 spiro atoms. The fourth-order valence-corrected chi connectivity index (χ4v) is 2.55. The minimum atomic E-state index is -0.235. The molecule has 2 aliphatic heterocycles. The van der Waals surface area contributed by atoms with Crippen LogP contribution in [0, 0.1) is 0 Å². The zero-order chi connectivity index (χ0) is 15.1. The lowest BCUT2D eigenvalue weighted by Crippen LogP contribution is -2.12. The van der Waals surface area contributed by atoms with Crippen LogP contribution in [-0.4, -0.2) is 18.6 Å². The van der Waals surface area contributed by atoms with Gasteiger partial charge in [-0.2, -0.15) is 0 Å². The summed E-state index contributed by atoms with van der Waals surface area (Å²) in [6.07, 6.45) is 0.306. The lowest BCUT2D eigenvalue weighted by Gasteiger charge is -2.07. The number of amides is 2. The summed E-state index contributed by atoms with van der Waals surface area (Å²) in [5, 5.41) is 5.55. The molecule has 0 atom stereocenters. The Morgan fingerprint density at radius 1 is 1.09 bits per heavy atom. The Hall–Kier alpha value is -3.02. The van der Waals surface area contributed by atoms with E-state index < -0.39 is 0 Å². The van der Waals surface area contributed by atoms with Crippen LogP contribution in [0.4, 0.5) is 11.4 Å². The number of ether oxygens (including phenoxy) is 2. The van der Waals surface area contributed by atoms with Crippen LogP contribution in [0.5, 0.6) is 11.5 Å². The largest absolute Gasteiger partial charge is 0.454 e. The van der Waals surface area contributed by atoms with Crippen LogP contribution in [0.2, 0.25) is 0 Å². The zero-order valence-electron chi connectivity index (χ0n) is 11.5. The summed E-state index contributed by atoms with van der Waals surface area (Å²) < 4.78 is 10.5. The molecule has 110 valence electrons. The van der Waals surface area contributed by atoms with Crippen LogP contribution in [-0.2, 0) is 11.2 Å². The first-order valence-corrected chi connectivity index (χ1v) is 6.83. The number of anilines is 2. The van der Waals surface area contributed by atoms with Crippen LogP contribution >= 0.6 is 0 Å². The Bertz CT molecular complexity index is 801. The second kappa shape index (κ2) is 4.77. The lowest BCUT2D eigenvalue weighted by atomic mass is 10.1. The highest BCUT2D eigenvalue weighted by molar-refractivity contribution is 6.06. The van der Waals surface area contributed by atoms with Crippen molar-refractivity contribution in [1.29, 1.82) is 0 Å². The fourth-order valence-electron chi connectivity index (χ4n) is 2.55. The van der Waals surface area contributed by atoms with Crippen LogP contribution in [0.15, 0.2) is 36.4 Å². The molecule has 6 heteroatoms. The molecule has 2 aromatic rings. The predicted molar refractivity (Wildman–Crippen MR) is 79.3 cm³/mol. The van der Waals surface area contributed by atoms with Gasteiger partial charge < -0.3 is 20.1 Å². The van der Waals surface area contributed by atoms with Crippen molar-refractivity contribution in [2.75, 3.05) is 17.4 Å². The maximum atomic E-state index is 12.3. The van der Waals surface area contributed by atoms with Gasteiger partial charge in [0.15, 0.2) is 11.5 Å². The number of carbonyl (C=O) groups is 2. The van der Waals surface area contributed by atoms with Crippen molar-refractivity contribution in [3.63, 3.8) is 0 Å². The minimum Gasteiger partial charge on any atom is -0.454 e. The standard InChI is InChI=1S/C16H12N2O4/c19-15-6-10-5-9(1-3-12(10)18-15)16(20)17-11-2-4-13-14(7-11)22-8-21-13/h1-5,7H,6,8H2,(H,17,20)(H,18,19). The normalized spacial score (nSPS) is 14.5. The monoisotopic (exact) mass is 296 g/mol. The van der Waals surface area contributed by atoms with Gasteiger partial charge in [-0.25, -0.2) is 0 Å². The molecule has 0 fully saturated rings. The molecule has 0 radical (unpaired) electrons. The molecule has 2 aliphatic rings. The number of fused-ring (bicyclic) bond motifs is 2. The molecule has 0 bridgehead atoms. The number of rotatable bonds is 2. The first kappa shape index (κ1) is 12.7. The molecule has 4 rings (SSSR count). The number of benzene rings is 2. The van der Waals surface area contributed by atoms with Gasteiger partial charge in [0.25, 0.3) is 5.91 Å². The van der Waals surface area contributed by atoms with E-state index in [2.05, 4.69) is 10.6 Å². The third kappa shape index (κ3) is 2.14. The number of hydrogen-bond acceptors (Lipinski definition) is 4. The Labute approximate surface area is 126 Å². The van der Waals surface area contributed by atoms with Gasteiger partial charge in [0.2, 0.25) is 12.7 Å². The van der Waals surface area contributed by atoms with Gasteiger partial charge in [-0.3, -0.25) is 9.59 Å². The van der Waals surface area contributed by atoms with Crippen molar-refractivity contribution in [2.24, 2.45) is 0 Å². The molecule has 0 aromatic heterocycles. The van der Waals surface area contributed by atoms with Gasteiger partial charge in [0.1, 0.15) is 0 Å². The first-order chi connectivity index (χ1) is 10.7. The van der Waals surface area contributed by atoms with Gasteiger partial charge in [0.05, 0.1) is 6.42 Å². The molecule has 0 saturated heterocycles. The maximum Gasteiger partial charge on any atom is 0.255 e. The summed E-state index contributed by atoms with van der Waals surface area (Å²) in [5.41, 5.74) is 2.74.